The second-order valence-corrected chi connectivity index (χ2v) is 8.15. The summed E-state index contributed by atoms with van der Waals surface area (Å²) in [6, 6.07) is 14.6. The Bertz CT molecular complexity index is 1110. The minimum atomic E-state index is -0.377. The van der Waals surface area contributed by atoms with Gasteiger partial charge in [0.2, 0.25) is 0 Å². The molecule has 1 amide bonds. The number of aryl methyl sites for hydroxylation is 1. The van der Waals surface area contributed by atoms with Crippen LogP contribution in [0.5, 0.6) is 0 Å². The van der Waals surface area contributed by atoms with Gasteiger partial charge in [0.25, 0.3) is 5.91 Å². The van der Waals surface area contributed by atoms with Crippen LogP contribution in [-0.4, -0.2) is 15.5 Å². The first-order chi connectivity index (χ1) is 14.1. The van der Waals surface area contributed by atoms with E-state index in [1.54, 1.807) is 17.4 Å². The van der Waals surface area contributed by atoms with Gasteiger partial charge < -0.3 is 9.88 Å². The SMILES string of the molecule is Cc1cc(/C=C(\C#N)C(=O)NCc2csc(-c3ccccc3)n2)c(C)n1C1CC1. The van der Waals surface area contributed by atoms with E-state index in [0.29, 0.717) is 12.6 Å². The highest BCUT2D eigenvalue weighted by atomic mass is 32.1. The maximum absolute atomic E-state index is 12.5. The molecule has 0 bridgehead atoms. The highest BCUT2D eigenvalue weighted by Crippen LogP contribution is 2.38. The van der Waals surface area contributed by atoms with Crippen molar-refractivity contribution in [3.05, 3.63) is 70.0 Å². The van der Waals surface area contributed by atoms with Crippen molar-refractivity contribution in [1.29, 1.82) is 5.26 Å². The van der Waals surface area contributed by atoms with Gasteiger partial charge in [0.05, 0.1) is 12.2 Å². The van der Waals surface area contributed by atoms with E-state index in [0.717, 1.165) is 27.5 Å². The van der Waals surface area contributed by atoms with Crippen LogP contribution in [0.2, 0.25) is 0 Å². The Morgan fingerprint density at radius 2 is 2.10 bits per heavy atom. The molecule has 1 N–H and O–H groups in total. The van der Waals surface area contributed by atoms with E-state index < -0.39 is 0 Å². The summed E-state index contributed by atoms with van der Waals surface area (Å²) in [5.41, 5.74) is 5.16. The van der Waals surface area contributed by atoms with Gasteiger partial charge >= 0.3 is 0 Å². The van der Waals surface area contributed by atoms with Crippen LogP contribution >= 0.6 is 11.3 Å². The molecule has 0 radical (unpaired) electrons. The molecular weight excluding hydrogens is 380 g/mol. The Balaban J connectivity index is 1.45. The molecule has 1 fully saturated rings. The second kappa shape index (κ2) is 8.06. The summed E-state index contributed by atoms with van der Waals surface area (Å²) < 4.78 is 2.30. The molecular formula is C23H22N4OS. The quantitative estimate of drug-likeness (QED) is 0.476. The molecule has 4 rings (SSSR count). The zero-order chi connectivity index (χ0) is 20.4. The summed E-state index contributed by atoms with van der Waals surface area (Å²) in [5.74, 6) is -0.377. The van der Waals surface area contributed by atoms with Gasteiger partial charge in [0.15, 0.2) is 0 Å². The number of carbonyl (C=O) groups excluding carboxylic acids is 1. The van der Waals surface area contributed by atoms with E-state index in [9.17, 15) is 10.1 Å². The van der Waals surface area contributed by atoms with Crippen LogP contribution < -0.4 is 5.32 Å². The van der Waals surface area contributed by atoms with Crippen LogP contribution in [0.1, 0.15) is 41.5 Å². The fraction of sp³-hybridized carbons (Fsp3) is 0.261. The van der Waals surface area contributed by atoms with Gasteiger partial charge in [-0.15, -0.1) is 11.3 Å². The average Bonchev–Trinajstić information content (AvgIpc) is 3.37. The molecule has 0 atom stereocenters. The Morgan fingerprint density at radius 1 is 1.34 bits per heavy atom. The number of hydrogen-bond donors (Lipinski definition) is 1. The summed E-state index contributed by atoms with van der Waals surface area (Å²) in [6.45, 7) is 4.41. The van der Waals surface area contributed by atoms with E-state index >= 15 is 0 Å². The highest BCUT2D eigenvalue weighted by Gasteiger charge is 2.26. The number of hydrogen-bond acceptors (Lipinski definition) is 4. The van der Waals surface area contributed by atoms with Crippen molar-refractivity contribution < 1.29 is 4.79 Å². The van der Waals surface area contributed by atoms with Gasteiger partial charge in [0, 0.05) is 28.4 Å². The van der Waals surface area contributed by atoms with E-state index in [4.69, 9.17) is 0 Å². The van der Waals surface area contributed by atoms with Crippen molar-refractivity contribution in [3.8, 4) is 16.6 Å². The fourth-order valence-electron chi connectivity index (χ4n) is 3.51. The predicted molar refractivity (Wildman–Crippen MR) is 115 cm³/mol. The molecule has 3 aromatic rings. The highest BCUT2D eigenvalue weighted by molar-refractivity contribution is 7.13. The van der Waals surface area contributed by atoms with E-state index in [1.165, 1.54) is 18.5 Å². The summed E-state index contributed by atoms with van der Waals surface area (Å²) in [6.07, 6.45) is 4.08. The molecule has 1 aromatic carbocycles. The maximum Gasteiger partial charge on any atom is 0.262 e. The lowest BCUT2D eigenvalue weighted by atomic mass is 10.1. The van der Waals surface area contributed by atoms with Gasteiger partial charge in [-0.2, -0.15) is 5.26 Å². The molecule has 29 heavy (non-hydrogen) atoms. The first-order valence-corrected chi connectivity index (χ1v) is 10.5. The van der Waals surface area contributed by atoms with Gasteiger partial charge in [-0.3, -0.25) is 4.79 Å². The minimum Gasteiger partial charge on any atom is -0.346 e. The lowest BCUT2D eigenvalue weighted by Gasteiger charge is -2.07. The van der Waals surface area contributed by atoms with Crippen LogP contribution in [0.15, 0.2) is 47.4 Å². The number of nitriles is 1. The molecule has 0 saturated heterocycles. The Hall–Kier alpha value is -3.17. The molecule has 2 heterocycles. The molecule has 1 aliphatic rings. The number of thiazole rings is 1. The molecule has 2 aromatic heterocycles. The molecule has 0 aliphatic heterocycles. The molecule has 1 aliphatic carbocycles. The van der Waals surface area contributed by atoms with E-state index in [-0.39, 0.29) is 11.5 Å². The van der Waals surface area contributed by atoms with Gasteiger partial charge in [-0.25, -0.2) is 4.98 Å². The summed E-state index contributed by atoms with van der Waals surface area (Å²) in [5, 5.41) is 15.2. The minimum absolute atomic E-state index is 0.111. The number of nitrogens with zero attached hydrogens (tertiary/aromatic N) is 3. The Kier molecular flexibility index (Phi) is 5.32. The third-order valence-corrected chi connectivity index (χ3v) is 6.04. The topological polar surface area (TPSA) is 70.7 Å². The Labute approximate surface area is 174 Å². The lowest BCUT2D eigenvalue weighted by molar-refractivity contribution is -0.117. The number of carbonyl (C=O) groups is 1. The lowest BCUT2D eigenvalue weighted by Crippen LogP contribution is -2.24. The Morgan fingerprint density at radius 3 is 2.79 bits per heavy atom. The van der Waals surface area contributed by atoms with Crippen LogP contribution in [0.3, 0.4) is 0 Å². The van der Waals surface area contributed by atoms with Crippen molar-refractivity contribution in [2.75, 3.05) is 0 Å². The summed E-state index contributed by atoms with van der Waals surface area (Å²) in [4.78, 5) is 17.1. The number of aromatic nitrogens is 2. The summed E-state index contributed by atoms with van der Waals surface area (Å²) in [7, 11) is 0. The van der Waals surface area contributed by atoms with E-state index in [2.05, 4.69) is 21.8 Å². The zero-order valence-corrected chi connectivity index (χ0v) is 17.3. The fourth-order valence-corrected chi connectivity index (χ4v) is 4.34. The number of amides is 1. The zero-order valence-electron chi connectivity index (χ0n) is 16.5. The number of nitrogens with one attached hydrogen (secondary N) is 1. The molecule has 1 saturated carbocycles. The molecule has 0 unspecified atom stereocenters. The largest absolute Gasteiger partial charge is 0.346 e. The van der Waals surface area contributed by atoms with Crippen molar-refractivity contribution in [1.82, 2.24) is 14.9 Å². The molecule has 5 nitrogen and oxygen atoms in total. The number of benzene rings is 1. The first kappa shape index (κ1) is 19.2. The van der Waals surface area contributed by atoms with Crippen LogP contribution in [0.25, 0.3) is 16.6 Å². The predicted octanol–water partition coefficient (Wildman–Crippen LogP) is 4.79. The number of rotatable bonds is 6. The summed E-state index contributed by atoms with van der Waals surface area (Å²) >= 11 is 1.54. The standard InChI is InChI=1S/C23H22N4OS/c1-15-10-18(16(2)27(15)21-8-9-21)11-19(12-24)22(28)25-13-20-14-29-23(26-20)17-6-4-3-5-7-17/h3-7,10-11,14,21H,8-9,13H2,1-2H3,(H,25,28)/b19-11+. The van der Waals surface area contributed by atoms with Crippen molar-refractivity contribution >= 4 is 23.3 Å². The van der Waals surface area contributed by atoms with Crippen molar-refractivity contribution in [2.24, 2.45) is 0 Å². The molecule has 6 heteroatoms. The average molecular weight is 403 g/mol. The maximum atomic E-state index is 12.5. The van der Waals surface area contributed by atoms with Crippen molar-refractivity contribution in [3.63, 3.8) is 0 Å². The third kappa shape index (κ3) is 4.15. The van der Waals surface area contributed by atoms with E-state index in [1.807, 2.05) is 54.8 Å². The molecule has 0 spiro atoms. The first-order valence-electron chi connectivity index (χ1n) is 9.65. The van der Waals surface area contributed by atoms with Gasteiger partial charge in [0.1, 0.15) is 16.6 Å². The van der Waals surface area contributed by atoms with Gasteiger partial charge in [-0.1, -0.05) is 30.3 Å². The van der Waals surface area contributed by atoms with Crippen LogP contribution in [0, 0.1) is 25.2 Å². The third-order valence-electron chi connectivity index (χ3n) is 5.10. The second-order valence-electron chi connectivity index (χ2n) is 7.29. The molecule has 146 valence electrons. The van der Waals surface area contributed by atoms with Crippen LogP contribution in [0.4, 0.5) is 0 Å². The monoisotopic (exact) mass is 402 g/mol. The van der Waals surface area contributed by atoms with Gasteiger partial charge in [-0.05, 0) is 44.4 Å². The normalized spacial score (nSPS) is 13.9. The van der Waals surface area contributed by atoms with Crippen LogP contribution in [-0.2, 0) is 11.3 Å². The smallest absolute Gasteiger partial charge is 0.262 e. The van der Waals surface area contributed by atoms with Crippen molar-refractivity contribution in [2.45, 2.75) is 39.3 Å².